The standard InChI is InChI=1S/C27H44O3.2C2H6/c1-25-13-10-24-22(7-5-20-18-21(28)9-12-26(20,24)2)23(25)8-6-19(25)4-3-11-27(29)14-16-30-17-15-27;2*1-2/h5,19,21-24,28-29H,3-4,6-18H2,1-2H3;2*1-2H3/t19?,21-,22?,23?,24?,25?,26-;;/m0../s1. The second kappa shape index (κ2) is 11.8. The van der Waals surface area contributed by atoms with E-state index in [-0.39, 0.29) is 6.10 Å². The molecule has 0 aromatic carbocycles. The maximum atomic E-state index is 10.8. The van der Waals surface area contributed by atoms with E-state index in [0.717, 1.165) is 69.0 Å². The molecule has 1 saturated heterocycles. The van der Waals surface area contributed by atoms with E-state index < -0.39 is 5.60 Å². The molecular formula is C31H56O3. The third-order valence-corrected chi connectivity index (χ3v) is 10.9. The molecule has 5 unspecified atom stereocenters. The maximum Gasteiger partial charge on any atom is 0.0691 e. The van der Waals surface area contributed by atoms with E-state index in [9.17, 15) is 10.2 Å². The zero-order valence-electron chi connectivity index (χ0n) is 23.4. The first kappa shape index (κ1) is 28.2. The molecule has 0 spiro atoms. The number of hydrogen-bond acceptors (Lipinski definition) is 3. The van der Waals surface area contributed by atoms with E-state index in [4.69, 9.17) is 4.74 Å². The van der Waals surface area contributed by atoms with Crippen molar-refractivity contribution in [2.75, 3.05) is 13.2 Å². The summed E-state index contributed by atoms with van der Waals surface area (Å²) in [6.07, 6.45) is 17.5. The second-order valence-electron chi connectivity index (χ2n) is 12.2. The first-order chi connectivity index (χ1) is 16.3. The van der Waals surface area contributed by atoms with Crippen LogP contribution in [-0.2, 0) is 4.74 Å². The topological polar surface area (TPSA) is 49.7 Å². The zero-order chi connectivity index (χ0) is 25.0. The van der Waals surface area contributed by atoms with Gasteiger partial charge in [0.2, 0.25) is 0 Å². The summed E-state index contributed by atoms with van der Waals surface area (Å²) in [5, 5.41) is 21.1. The zero-order valence-corrected chi connectivity index (χ0v) is 23.4. The minimum Gasteiger partial charge on any atom is -0.393 e. The van der Waals surface area contributed by atoms with Gasteiger partial charge in [0, 0.05) is 13.2 Å². The van der Waals surface area contributed by atoms with Crippen molar-refractivity contribution in [3.8, 4) is 0 Å². The maximum absolute atomic E-state index is 10.8. The molecule has 3 saturated carbocycles. The predicted octanol–water partition coefficient (Wildman–Crippen LogP) is 7.69. The van der Waals surface area contributed by atoms with Crippen LogP contribution in [-0.4, -0.2) is 35.1 Å². The Hall–Kier alpha value is -0.380. The minimum absolute atomic E-state index is 0.101. The van der Waals surface area contributed by atoms with Crippen LogP contribution in [0.1, 0.15) is 125 Å². The molecule has 2 N–H and O–H groups in total. The molecule has 1 aliphatic heterocycles. The van der Waals surface area contributed by atoms with Crippen molar-refractivity contribution >= 4 is 0 Å². The van der Waals surface area contributed by atoms with Crippen molar-refractivity contribution in [1.29, 1.82) is 0 Å². The van der Waals surface area contributed by atoms with Gasteiger partial charge in [0.1, 0.15) is 0 Å². The molecule has 198 valence electrons. The molecule has 0 bridgehead atoms. The summed E-state index contributed by atoms with van der Waals surface area (Å²) in [5.41, 5.74) is 1.99. The first-order valence-corrected chi connectivity index (χ1v) is 15.0. The number of aliphatic hydroxyl groups excluding tert-OH is 1. The predicted molar refractivity (Wildman–Crippen MR) is 143 cm³/mol. The van der Waals surface area contributed by atoms with Crippen molar-refractivity contribution in [2.45, 2.75) is 137 Å². The monoisotopic (exact) mass is 476 g/mol. The molecule has 1 heterocycles. The lowest BCUT2D eigenvalue weighted by atomic mass is 9.47. The minimum atomic E-state index is -0.459. The molecule has 34 heavy (non-hydrogen) atoms. The summed E-state index contributed by atoms with van der Waals surface area (Å²) in [6, 6.07) is 0. The van der Waals surface area contributed by atoms with Crippen molar-refractivity contribution in [1.82, 2.24) is 0 Å². The van der Waals surface area contributed by atoms with E-state index in [1.807, 2.05) is 27.7 Å². The molecule has 0 radical (unpaired) electrons. The molecule has 5 aliphatic rings. The van der Waals surface area contributed by atoms with Crippen LogP contribution in [0.4, 0.5) is 0 Å². The fraction of sp³-hybridized carbons (Fsp3) is 0.935. The van der Waals surface area contributed by atoms with Crippen LogP contribution >= 0.6 is 0 Å². The summed E-state index contributed by atoms with van der Waals surface area (Å²) in [6.45, 7) is 14.6. The average Bonchev–Trinajstić information content (AvgIpc) is 3.19. The van der Waals surface area contributed by atoms with Gasteiger partial charge >= 0.3 is 0 Å². The first-order valence-electron chi connectivity index (χ1n) is 15.0. The van der Waals surface area contributed by atoms with Gasteiger partial charge in [0.05, 0.1) is 11.7 Å². The highest BCUT2D eigenvalue weighted by molar-refractivity contribution is 5.25. The Kier molecular flexibility index (Phi) is 9.77. The van der Waals surface area contributed by atoms with Gasteiger partial charge in [-0.15, -0.1) is 0 Å². The Labute approximate surface area is 211 Å². The van der Waals surface area contributed by atoms with Gasteiger partial charge in [-0.1, -0.05) is 59.6 Å². The Bertz CT molecular complexity index is 666. The van der Waals surface area contributed by atoms with Gasteiger partial charge < -0.3 is 14.9 Å². The lowest BCUT2D eigenvalue weighted by Gasteiger charge is -2.58. The van der Waals surface area contributed by atoms with Gasteiger partial charge in [0.25, 0.3) is 0 Å². The molecule has 0 aromatic rings. The highest BCUT2D eigenvalue weighted by atomic mass is 16.5. The third-order valence-electron chi connectivity index (χ3n) is 10.9. The van der Waals surface area contributed by atoms with Gasteiger partial charge in [-0.3, -0.25) is 0 Å². The molecule has 5 rings (SSSR count). The molecule has 0 amide bonds. The number of hydrogen-bond donors (Lipinski definition) is 2. The molecule has 4 fully saturated rings. The van der Waals surface area contributed by atoms with E-state index in [0.29, 0.717) is 10.8 Å². The molecule has 3 heteroatoms. The molecule has 0 aromatic heterocycles. The van der Waals surface area contributed by atoms with Gasteiger partial charge in [-0.2, -0.15) is 0 Å². The Balaban J connectivity index is 0.000000771. The van der Waals surface area contributed by atoms with Crippen LogP contribution in [0.3, 0.4) is 0 Å². The molecule has 4 aliphatic carbocycles. The van der Waals surface area contributed by atoms with Gasteiger partial charge in [-0.25, -0.2) is 0 Å². The second-order valence-corrected chi connectivity index (χ2v) is 12.2. The summed E-state index contributed by atoms with van der Waals surface area (Å²) in [5.74, 6) is 3.43. The fourth-order valence-electron chi connectivity index (χ4n) is 8.90. The van der Waals surface area contributed by atoms with Crippen molar-refractivity contribution in [3.63, 3.8) is 0 Å². The van der Waals surface area contributed by atoms with Crippen molar-refractivity contribution in [2.24, 2.45) is 34.5 Å². The number of ether oxygens (including phenoxy) is 1. The van der Waals surface area contributed by atoms with Crippen LogP contribution in [0.5, 0.6) is 0 Å². The van der Waals surface area contributed by atoms with Gasteiger partial charge in [0.15, 0.2) is 0 Å². The van der Waals surface area contributed by atoms with E-state index in [1.54, 1.807) is 5.57 Å². The highest BCUT2D eigenvalue weighted by Gasteiger charge is 2.58. The molecule has 7 atom stereocenters. The largest absolute Gasteiger partial charge is 0.393 e. The molecular weight excluding hydrogens is 420 g/mol. The third kappa shape index (κ3) is 5.32. The summed E-state index contributed by atoms with van der Waals surface area (Å²) >= 11 is 0. The normalized spacial score (nSPS) is 42.5. The fourth-order valence-corrected chi connectivity index (χ4v) is 8.90. The number of allylic oxidation sites excluding steroid dienone is 1. The van der Waals surface area contributed by atoms with Crippen molar-refractivity contribution in [3.05, 3.63) is 11.6 Å². The van der Waals surface area contributed by atoms with Gasteiger partial charge in [-0.05, 0) is 112 Å². The van der Waals surface area contributed by atoms with Crippen LogP contribution in [0.15, 0.2) is 11.6 Å². The smallest absolute Gasteiger partial charge is 0.0691 e. The Morgan fingerprint density at radius 1 is 0.912 bits per heavy atom. The molecule has 3 nitrogen and oxygen atoms in total. The summed E-state index contributed by atoms with van der Waals surface area (Å²) < 4.78 is 5.45. The Morgan fingerprint density at radius 3 is 2.32 bits per heavy atom. The number of rotatable bonds is 4. The quantitative estimate of drug-likeness (QED) is 0.409. The SMILES string of the molecule is CC.CC.CC12CCC3C(CC=C4C[C@@H](O)CC[C@@]43C)C1CCC2CCCC1(O)CCOCC1. The van der Waals surface area contributed by atoms with Crippen LogP contribution in [0, 0.1) is 34.5 Å². The number of fused-ring (bicyclic) bond motifs is 5. The van der Waals surface area contributed by atoms with E-state index >= 15 is 0 Å². The van der Waals surface area contributed by atoms with Crippen molar-refractivity contribution < 1.29 is 14.9 Å². The lowest BCUT2D eigenvalue weighted by Crippen LogP contribution is -2.50. The van der Waals surface area contributed by atoms with Crippen LogP contribution in [0.25, 0.3) is 0 Å². The summed E-state index contributed by atoms with van der Waals surface area (Å²) in [4.78, 5) is 0. The van der Waals surface area contributed by atoms with Crippen LogP contribution in [0.2, 0.25) is 0 Å². The van der Waals surface area contributed by atoms with Crippen LogP contribution < -0.4 is 0 Å². The van der Waals surface area contributed by atoms with E-state index in [1.165, 1.54) is 51.4 Å². The summed E-state index contributed by atoms with van der Waals surface area (Å²) in [7, 11) is 0. The highest BCUT2D eigenvalue weighted by Crippen LogP contribution is 2.66. The number of aliphatic hydroxyl groups is 2. The lowest BCUT2D eigenvalue weighted by molar-refractivity contribution is -0.0722. The average molecular weight is 477 g/mol. The van der Waals surface area contributed by atoms with E-state index in [2.05, 4.69) is 19.9 Å². The Morgan fingerprint density at radius 2 is 1.62 bits per heavy atom.